The summed E-state index contributed by atoms with van der Waals surface area (Å²) in [5, 5.41) is -0.223. The van der Waals surface area contributed by atoms with Gasteiger partial charge in [-0.05, 0) is 24.3 Å². The summed E-state index contributed by atoms with van der Waals surface area (Å²) in [6.45, 7) is -5.79. The largest absolute Gasteiger partial charge is 1.00 e. The van der Waals surface area contributed by atoms with Crippen LogP contribution >= 0.6 is 11.6 Å². The maximum atomic E-state index is 13.2. The molecule has 0 aliphatic rings. The second kappa shape index (κ2) is 8.12. The molecule has 0 saturated heterocycles. The summed E-state index contributed by atoms with van der Waals surface area (Å²) in [5.41, 5.74) is -0.982. The summed E-state index contributed by atoms with van der Waals surface area (Å²) >= 11 is 5.68. The van der Waals surface area contributed by atoms with E-state index in [1.807, 2.05) is 0 Å². The first-order valence-electron chi connectivity index (χ1n) is 5.84. The molecule has 2 aromatic rings. The summed E-state index contributed by atoms with van der Waals surface area (Å²) < 4.78 is 69.7. The summed E-state index contributed by atoms with van der Waals surface area (Å²) in [5.74, 6) is -2.23. The van der Waals surface area contributed by atoms with Gasteiger partial charge in [-0.3, -0.25) is 0 Å². The molecule has 1 nitrogen and oxygen atoms in total. The predicted molar refractivity (Wildman–Crippen MR) is 70.9 cm³/mol. The molecule has 0 aliphatic heterocycles. The molecule has 0 atom stereocenters. The fourth-order valence-corrected chi connectivity index (χ4v) is 1.90. The average Bonchev–Trinajstić information content (AvgIpc) is 2.40. The van der Waals surface area contributed by atoms with Crippen molar-refractivity contribution in [2.45, 2.75) is 6.61 Å². The standard InChI is InChI=1S/C13H8BClF5O.K/c15-13-8(2-1-3-11(13)17)7-21-12-5-4-9(16)6-10(12)14(18,19)20;/h1-6H,7H2;/q-1;+1. The fraction of sp³-hybridized carbons (Fsp3) is 0.0769. The summed E-state index contributed by atoms with van der Waals surface area (Å²) in [4.78, 5) is 0. The van der Waals surface area contributed by atoms with Crippen LogP contribution in [0.1, 0.15) is 5.56 Å². The molecule has 0 radical (unpaired) electrons. The third kappa shape index (κ3) is 4.94. The molecule has 0 saturated carbocycles. The van der Waals surface area contributed by atoms with E-state index in [1.54, 1.807) is 0 Å². The molecule has 0 amide bonds. The molecule has 0 N–H and O–H groups in total. The Kier molecular flexibility index (Phi) is 7.36. The van der Waals surface area contributed by atoms with Crippen molar-refractivity contribution in [2.75, 3.05) is 0 Å². The number of rotatable bonds is 4. The Morgan fingerprint density at radius 3 is 2.36 bits per heavy atom. The monoisotopic (exact) mass is 360 g/mol. The second-order valence-electron chi connectivity index (χ2n) is 4.26. The Balaban J connectivity index is 0.00000242. The third-order valence-electron chi connectivity index (χ3n) is 2.74. The topological polar surface area (TPSA) is 9.23 Å². The van der Waals surface area contributed by atoms with E-state index >= 15 is 0 Å². The Bertz CT molecular complexity index is 665. The van der Waals surface area contributed by atoms with Crippen LogP contribution in [0.3, 0.4) is 0 Å². The molecule has 0 fully saturated rings. The molecule has 22 heavy (non-hydrogen) atoms. The molecule has 9 heteroatoms. The zero-order valence-electron chi connectivity index (χ0n) is 11.4. The molecule has 112 valence electrons. The molecule has 0 spiro atoms. The SMILES string of the molecule is Fc1ccc(OCc2cccc(F)c2Cl)c([B-](F)(F)F)c1.[K+]. The summed E-state index contributed by atoms with van der Waals surface area (Å²) in [6.07, 6.45) is 0. The van der Waals surface area contributed by atoms with Gasteiger partial charge in [-0.2, -0.15) is 0 Å². The summed E-state index contributed by atoms with van der Waals surface area (Å²) in [6, 6.07) is 6.00. The van der Waals surface area contributed by atoms with Crippen LogP contribution in [-0.4, -0.2) is 6.98 Å². The quantitative estimate of drug-likeness (QED) is 0.589. The molecule has 0 aliphatic carbocycles. The Morgan fingerprint density at radius 2 is 1.73 bits per heavy atom. The van der Waals surface area contributed by atoms with Crippen LogP contribution in [0.15, 0.2) is 36.4 Å². The van der Waals surface area contributed by atoms with Crippen molar-refractivity contribution in [2.24, 2.45) is 0 Å². The van der Waals surface area contributed by atoms with Gasteiger partial charge >= 0.3 is 58.4 Å². The zero-order chi connectivity index (χ0) is 15.6. The van der Waals surface area contributed by atoms with Crippen LogP contribution in [0.4, 0.5) is 21.7 Å². The maximum absolute atomic E-state index is 13.2. The van der Waals surface area contributed by atoms with Crippen molar-refractivity contribution in [1.82, 2.24) is 0 Å². The number of ether oxygens (including phenoxy) is 1. The van der Waals surface area contributed by atoms with E-state index in [0.29, 0.717) is 6.07 Å². The minimum absolute atomic E-state index is 0. The minimum atomic E-state index is -5.43. The number of benzene rings is 2. The zero-order valence-corrected chi connectivity index (χ0v) is 15.3. The number of hydrogen-bond acceptors (Lipinski definition) is 1. The Hall–Kier alpha value is -0.119. The van der Waals surface area contributed by atoms with E-state index in [0.717, 1.165) is 18.2 Å². The minimum Gasteiger partial charge on any atom is -0.492 e. The van der Waals surface area contributed by atoms with E-state index in [2.05, 4.69) is 0 Å². The van der Waals surface area contributed by atoms with Crippen molar-refractivity contribution in [3.63, 3.8) is 0 Å². The van der Waals surface area contributed by atoms with Gasteiger partial charge in [0.2, 0.25) is 0 Å². The Morgan fingerprint density at radius 1 is 1.05 bits per heavy atom. The van der Waals surface area contributed by atoms with Gasteiger partial charge in [0.1, 0.15) is 18.2 Å². The van der Waals surface area contributed by atoms with Crippen LogP contribution in [0.25, 0.3) is 0 Å². The van der Waals surface area contributed by atoms with Gasteiger partial charge in [-0.1, -0.05) is 29.2 Å². The molecule has 0 aromatic heterocycles. The first kappa shape index (κ1) is 19.9. The van der Waals surface area contributed by atoms with Gasteiger partial charge < -0.3 is 17.7 Å². The molecule has 0 heterocycles. The van der Waals surface area contributed by atoms with Crippen molar-refractivity contribution in [1.29, 1.82) is 0 Å². The van der Waals surface area contributed by atoms with Gasteiger partial charge in [0.25, 0.3) is 0 Å². The van der Waals surface area contributed by atoms with Crippen molar-refractivity contribution in [3.05, 3.63) is 58.6 Å². The van der Waals surface area contributed by atoms with E-state index in [1.165, 1.54) is 12.1 Å². The molecule has 0 unspecified atom stereocenters. The number of halogens is 6. The predicted octanol–water partition coefficient (Wildman–Crippen LogP) is 1.26. The first-order chi connectivity index (χ1) is 9.79. The first-order valence-corrected chi connectivity index (χ1v) is 6.22. The molecule has 2 rings (SSSR count). The van der Waals surface area contributed by atoms with Gasteiger partial charge in [0.05, 0.1) is 10.8 Å². The second-order valence-corrected chi connectivity index (χ2v) is 4.64. The smallest absolute Gasteiger partial charge is 0.492 e. The van der Waals surface area contributed by atoms with Gasteiger partial charge in [-0.25, -0.2) is 8.78 Å². The van der Waals surface area contributed by atoms with Crippen LogP contribution in [0.5, 0.6) is 5.75 Å². The molecular weight excluding hydrogens is 352 g/mol. The van der Waals surface area contributed by atoms with Crippen LogP contribution < -0.4 is 61.6 Å². The van der Waals surface area contributed by atoms with Crippen LogP contribution in [0.2, 0.25) is 5.02 Å². The van der Waals surface area contributed by atoms with Gasteiger partial charge in [-0.15, -0.1) is 0 Å². The maximum Gasteiger partial charge on any atom is 1.00 e. The average molecular weight is 361 g/mol. The van der Waals surface area contributed by atoms with Crippen molar-refractivity contribution in [3.8, 4) is 5.75 Å². The third-order valence-corrected chi connectivity index (χ3v) is 3.16. The molecular formula is C13H8BClF5KO. The molecule has 0 bridgehead atoms. The fourth-order valence-electron chi connectivity index (χ4n) is 1.72. The van der Waals surface area contributed by atoms with Crippen LogP contribution in [0, 0.1) is 11.6 Å². The number of hydrogen-bond donors (Lipinski definition) is 0. The van der Waals surface area contributed by atoms with Crippen molar-refractivity contribution >= 4 is 24.0 Å². The summed E-state index contributed by atoms with van der Waals surface area (Å²) in [7, 11) is 0. The van der Waals surface area contributed by atoms with E-state index in [9.17, 15) is 21.7 Å². The van der Waals surface area contributed by atoms with E-state index in [-0.39, 0.29) is 68.6 Å². The van der Waals surface area contributed by atoms with Crippen molar-refractivity contribution < 1.29 is 77.8 Å². The van der Waals surface area contributed by atoms with Gasteiger partial charge in [0.15, 0.2) is 0 Å². The van der Waals surface area contributed by atoms with Gasteiger partial charge in [0, 0.05) is 5.56 Å². The Labute approximate surface area is 171 Å². The van der Waals surface area contributed by atoms with E-state index in [4.69, 9.17) is 16.3 Å². The normalized spacial score (nSPS) is 11.0. The molecule has 2 aromatic carbocycles. The van der Waals surface area contributed by atoms with Crippen LogP contribution in [-0.2, 0) is 6.61 Å². The van der Waals surface area contributed by atoms with E-state index < -0.39 is 29.8 Å².